The van der Waals surface area contributed by atoms with Gasteiger partial charge in [-0.25, -0.2) is 12.1 Å². The molecule has 0 saturated heterocycles. The number of fused-ring (bicyclic) bond motifs is 2. The number of benzene rings is 2. The molecule has 4 aromatic rings. The number of hydrogen-bond donors (Lipinski definition) is 0. The molecule has 144 valence electrons. The van der Waals surface area contributed by atoms with Crippen molar-refractivity contribution in [2.45, 2.75) is 26.2 Å². The normalized spacial score (nSPS) is 11.0. The van der Waals surface area contributed by atoms with Crippen LogP contribution in [0.25, 0.3) is 21.9 Å². The van der Waals surface area contributed by atoms with Crippen LogP contribution in [0.4, 0.5) is 0 Å². The van der Waals surface area contributed by atoms with Gasteiger partial charge in [-0.1, -0.05) is 53.9 Å². The summed E-state index contributed by atoms with van der Waals surface area (Å²) in [6.07, 6.45) is 3.79. The molecule has 0 unspecified atom stereocenters. The minimum absolute atomic E-state index is 0. The first kappa shape index (κ1) is 24.5. The molecule has 0 aromatic heterocycles. The summed E-state index contributed by atoms with van der Waals surface area (Å²) >= 11 is 1.36. The van der Waals surface area contributed by atoms with Crippen molar-refractivity contribution in [3.8, 4) is 11.1 Å². The van der Waals surface area contributed by atoms with E-state index < -0.39 is 0 Å². The third kappa shape index (κ3) is 5.52. The molecule has 28 heavy (non-hydrogen) atoms. The SMILES string of the molecule is Cc1cc2c(-c3ccccc3)c3c(cc2[cH-]1)CCC3.[CH3-].[CH3-].[Si]=[Zr].c1cc[cH-]c1. The van der Waals surface area contributed by atoms with Crippen LogP contribution in [0.5, 0.6) is 0 Å². The first-order valence-corrected chi connectivity index (χ1v) is 13.2. The predicted molar refractivity (Wildman–Crippen MR) is 122 cm³/mol. The monoisotopic (exact) mass is 458 g/mol. The van der Waals surface area contributed by atoms with Gasteiger partial charge in [0.2, 0.25) is 0 Å². The fraction of sp³-hybridized carbons (Fsp3) is 0.154. The molecule has 0 N–H and O–H groups in total. The summed E-state index contributed by atoms with van der Waals surface area (Å²) in [6, 6.07) is 28.0. The van der Waals surface area contributed by atoms with Crippen LogP contribution in [-0.2, 0) is 36.2 Å². The van der Waals surface area contributed by atoms with E-state index in [1.807, 2.05) is 30.3 Å². The maximum atomic E-state index is 3.06. The van der Waals surface area contributed by atoms with Crippen LogP contribution >= 0.6 is 0 Å². The Hall–Kier alpha value is -1.50. The molecule has 0 bridgehead atoms. The number of aryl methyl sites for hydroxylation is 2. The Bertz CT molecular complexity index is 932. The largest absolute Gasteiger partial charge is 0.214 e. The summed E-state index contributed by atoms with van der Waals surface area (Å²) in [4.78, 5) is 0. The van der Waals surface area contributed by atoms with Crippen LogP contribution in [0.3, 0.4) is 0 Å². The quantitative estimate of drug-likeness (QED) is 0.213. The van der Waals surface area contributed by atoms with Gasteiger partial charge < -0.3 is 14.9 Å². The second-order valence-electron chi connectivity index (χ2n) is 6.61. The molecule has 2 heteroatoms. The summed E-state index contributed by atoms with van der Waals surface area (Å²) in [6.45, 7) is 5.26. The second-order valence-corrected chi connectivity index (χ2v) is 6.61. The van der Waals surface area contributed by atoms with E-state index in [-0.39, 0.29) is 14.9 Å². The van der Waals surface area contributed by atoms with Crippen LogP contribution in [-0.4, -0.2) is 6.88 Å². The average molecular weight is 460 g/mol. The maximum Gasteiger partial charge on any atom is -0.172 e. The molecular formula is C26H28SiZr-4. The van der Waals surface area contributed by atoms with E-state index in [0.717, 1.165) is 0 Å². The molecule has 0 atom stereocenters. The molecule has 4 aromatic carbocycles. The maximum absolute atomic E-state index is 3.06. The van der Waals surface area contributed by atoms with Crippen molar-refractivity contribution in [3.63, 3.8) is 0 Å². The van der Waals surface area contributed by atoms with Crippen LogP contribution in [0.1, 0.15) is 23.1 Å². The molecule has 0 nitrogen and oxygen atoms in total. The van der Waals surface area contributed by atoms with Gasteiger partial charge in [0.25, 0.3) is 0 Å². The zero-order chi connectivity index (χ0) is 18.4. The van der Waals surface area contributed by atoms with Crippen molar-refractivity contribution in [2.75, 3.05) is 0 Å². The van der Waals surface area contributed by atoms with E-state index in [4.69, 9.17) is 0 Å². The Morgan fingerprint density at radius 3 is 2.18 bits per heavy atom. The molecule has 0 fully saturated rings. The summed E-state index contributed by atoms with van der Waals surface area (Å²) in [5.74, 6) is 0. The first-order valence-electron chi connectivity index (χ1n) is 9.02. The van der Waals surface area contributed by atoms with Gasteiger partial charge in [0.15, 0.2) is 0 Å². The van der Waals surface area contributed by atoms with Crippen molar-refractivity contribution in [1.29, 1.82) is 0 Å². The molecule has 1 aliphatic rings. The Morgan fingerprint density at radius 2 is 1.57 bits per heavy atom. The van der Waals surface area contributed by atoms with Crippen LogP contribution in [0, 0.1) is 21.8 Å². The molecule has 0 spiro atoms. The number of hydrogen-bond acceptors (Lipinski definition) is 0. The zero-order valence-electron chi connectivity index (χ0n) is 17.1. The van der Waals surface area contributed by atoms with E-state index in [0.29, 0.717) is 0 Å². The fourth-order valence-electron chi connectivity index (χ4n) is 3.83. The van der Waals surface area contributed by atoms with E-state index in [2.05, 4.69) is 62.3 Å². The van der Waals surface area contributed by atoms with Crippen LogP contribution < -0.4 is 0 Å². The van der Waals surface area contributed by atoms with Crippen molar-refractivity contribution in [3.05, 3.63) is 110 Å². The van der Waals surface area contributed by atoms with E-state index >= 15 is 0 Å². The molecular weight excluding hydrogens is 432 g/mol. The average Bonchev–Trinajstić information content (AvgIpc) is 3.44. The van der Waals surface area contributed by atoms with Gasteiger partial charge in [0.1, 0.15) is 0 Å². The Morgan fingerprint density at radius 1 is 0.893 bits per heavy atom. The number of rotatable bonds is 1. The van der Waals surface area contributed by atoms with Gasteiger partial charge in [-0.2, -0.15) is 24.3 Å². The van der Waals surface area contributed by atoms with Gasteiger partial charge in [-0.15, -0.1) is 28.5 Å². The van der Waals surface area contributed by atoms with Crippen LogP contribution in [0.2, 0.25) is 0 Å². The van der Waals surface area contributed by atoms with Crippen molar-refractivity contribution < 1.29 is 23.3 Å². The minimum atomic E-state index is 0. The van der Waals surface area contributed by atoms with E-state index in [9.17, 15) is 0 Å². The molecule has 0 aliphatic heterocycles. The summed E-state index contributed by atoms with van der Waals surface area (Å²) < 4.78 is 0. The second kappa shape index (κ2) is 12.1. The Labute approximate surface area is 187 Å². The van der Waals surface area contributed by atoms with Crippen molar-refractivity contribution in [1.82, 2.24) is 0 Å². The minimum Gasteiger partial charge on any atom is -0.214 e. The van der Waals surface area contributed by atoms with Crippen molar-refractivity contribution in [2.24, 2.45) is 0 Å². The smallest absolute Gasteiger partial charge is 0.172 e. The molecule has 2 radical (unpaired) electrons. The van der Waals surface area contributed by atoms with Crippen LogP contribution in [0.15, 0.2) is 78.9 Å². The van der Waals surface area contributed by atoms with Gasteiger partial charge >= 0.3 is 30.2 Å². The van der Waals surface area contributed by atoms with Gasteiger partial charge in [0.05, 0.1) is 0 Å². The molecule has 0 heterocycles. The summed E-state index contributed by atoms with van der Waals surface area (Å²) in [5, 5.41) is 2.85. The third-order valence-corrected chi connectivity index (χ3v) is 4.85. The van der Waals surface area contributed by atoms with Gasteiger partial charge in [-0.3, -0.25) is 0 Å². The Balaban J connectivity index is 0.000000378. The van der Waals surface area contributed by atoms with E-state index in [1.54, 1.807) is 11.1 Å². The topological polar surface area (TPSA) is 0 Å². The molecule has 5 rings (SSSR count). The molecule has 0 saturated carbocycles. The third-order valence-electron chi connectivity index (χ3n) is 4.85. The molecule has 1 aliphatic carbocycles. The standard InChI is InChI=1S/C19H17.C5H5.2CH3.Si.Zr/c1-13-10-16-12-15-8-5-9-17(15)19(18(16)11-13)14-6-3-2-4-7-14;1-2-4-5-3-1;;;;/h2-4,6-7,10-12H,5,8-9H2,1H3;1-5H;2*1H3;;/q4*-1;;. The predicted octanol–water partition coefficient (Wildman–Crippen LogP) is 6.95. The summed E-state index contributed by atoms with van der Waals surface area (Å²) in [5.41, 5.74) is 7.38. The zero-order valence-corrected chi connectivity index (χ0v) is 20.6. The van der Waals surface area contributed by atoms with Crippen molar-refractivity contribution >= 4 is 17.7 Å². The summed E-state index contributed by atoms with van der Waals surface area (Å²) in [7, 11) is 0. The van der Waals surface area contributed by atoms with Gasteiger partial charge in [-0.05, 0) is 24.8 Å². The first-order chi connectivity index (χ1) is 12.8. The Kier molecular flexibility index (Phi) is 10.6. The molecule has 0 amide bonds. The fourth-order valence-corrected chi connectivity index (χ4v) is 3.83. The van der Waals surface area contributed by atoms with E-state index in [1.165, 1.54) is 70.1 Å². The van der Waals surface area contributed by atoms with Gasteiger partial charge in [0, 0.05) is 0 Å².